The Bertz CT molecular complexity index is 518. The van der Waals surface area contributed by atoms with Crippen LogP contribution >= 0.6 is 11.6 Å². The lowest BCUT2D eigenvalue weighted by molar-refractivity contribution is 0.256. The summed E-state index contributed by atoms with van der Waals surface area (Å²) in [6, 6.07) is 0. The van der Waals surface area contributed by atoms with Crippen molar-refractivity contribution < 1.29 is 5.11 Å². The highest BCUT2D eigenvalue weighted by Crippen LogP contribution is 2.50. The van der Waals surface area contributed by atoms with Gasteiger partial charge in [-0.25, -0.2) is 9.97 Å². The molecule has 2 heterocycles. The van der Waals surface area contributed by atoms with E-state index in [0.29, 0.717) is 5.15 Å². The molecule has 1 aliphatic carbocycles. The van der Waals surface area contributed by atoms with Crippen LogP contribution in [0.5, 0.6) is 0 Å². The average Bonchev–Trinajstić information content (AvgIpc) is 2.92. The van der Waals surface area contributed by atoms with Gasteiger partial charge >= 0.3 is 0 Å². The van der Waals surface area contributed by atoms with Gasteiger partial charge in [0.1, 0.15) is 17.1 Å². The van der Waals surface area contributed by atoms with Crippen LogP contribution in [0.4, 0.5) is 0 Å². The van der Waals surface area contributed by atoms with Crippen molar-refractivity contribution in [1.29, 1.82) is 0 Å². The molecule has 2 aromatic rings. The van der Waals surface area contributed by atoms with E-state index in [-0.39, 0.29) is 12.0 Å². The van der Waals surface area contributed by atoms with Crippen molar-refractivity contribution >= 4 is 22.6 Å². The molecule has 5 heteroatoms. The number of halogens is 1. The number of aromatic nitrogens is 3. The van der Waals surface area contributed by atoms with Crippen molar-refractivity contribution in [3.05, 3.63) is 23.2 Å². The lowest BCUT2D eigenvalue weighted by atomic mass is 9.98. The van der Waals surface area contributed by atoms with Crippen LogP contribution in [-0.2, 0) is 5.41 Å². The third-order valence-corrected chi connectivity index (χ3v) is 3.44. The topological polar surface area (TPSA) is 61.8 Å². The first-order valence-electron chi connectivity index (χ1n) is 4.86. The minimum Gasteiger partial charge on any atom is -0.395 e. The van der Waals surface area contributed by atoms with Crippen molar-refractivity contribution in [2.75, 3.05) is 6.61 Å². The summed E-state index contributed by atoms with van der Waals surface area (Å²) in [4.78, 5) is 11.1. The fourth-order valence-electron chi connectivity index (χ4n) is 2.01. The van der Waals surface area contributed by atoms with Crippen LogP contribution in [0.1, 0.15) is 18.4 Å². The predicted molar refractivity (Wildman–Crippen MR) is 56.9 cm³/mol. The quantitative estimate of drug-likeness (QED) is 0.761. The summed E-state index contributed by atoms with van der Waals surface area (Å²) in [6.07, 6.45) is 5.32. The van der Waals surface area contributed by atoms with Crippen molar-refractivity contribution in [3.8, 4) is 0 Å². The molecule has 3 rings (SSSR count). The predicted octanol–water partition coefficient (Wildman–Crippen LogP) is 1.64. The minimum absolute atomic E-state index is 0.105. The number of hydrogen-bond donors (Lipinski definition) is 2. The molecule has 0 saturated heterocycles. The fourth-order valence-corrected chi connectivity index (χ4v) is 2.24. The van der Waals surface area contributed by atoms with E-state index < -0.39 is 0 Å². The minimum atomic E-state index is -0.105. The van der Waals surface area contributed by atoms with E-state index in [4.69, 9.17) is 11.6 Å². The van der Waals surface area contributed by atoms with Crippen LogP contribution in [0.2, 0.25) is 5.15 Å². The molecule has 1 fully saturated rings. The maximum atomic E-state index is 9.38. The molecule has 0 spiro atoms. The molecule has 4 nitrogen and oxygen atoms in total. The maximum Gasteiger partial charge on any atom is 0.142 e. The zero-order valence-electron chi connectivity index (χ0n) is 8.00. The van der Waals surface area contributed by atoms with Crippen molar-refractivity contribution in [1.82, 2.24) is 15.0 Å². The van der Waals surface area contributed by atoms with Gasteiger partial charge in [-0.05, 0) is 18.4 Å². The molecule has 0 atom stereocenters. The molecule has 2 aromatic heterocycles. The molecular formula is C10H10ClN3O. The molecule has 1 aliphatic rings. The first-order chi connectivity index (χ1) is 7.27. The van der Waals surface area contributed by atoms with Gasteiger partial charge in [-0.1, -0.05) is 11.6 Å². The highest BCUT2D eigenvalue weighted by Gasteiger charge is 2.45. The van der Waals surface area contributed by atoms with Gasteiger partial charge in [0.25, 0.3) is 0 Å². The normalized spacial score (nSPS) is 18.3. The summed E-state index contributed by atoms with van der Waals surface area (Å²) in [5, 5.41) is 10.7. The standard InChI is InChI=1S/C10H10ClN3O/c11-8-7-6(10(4-15)1-2-10)3-12-9(7)14-5-13-8/h3,5,15H,1-2,4H2,(H,12,13,14). The Balaban J connectivity index is 2.28. The molecule has 0 aromatic carbocycles. The van der Waals surface area contributed by atoms with Crippen molar-refractivity contribution in [2.45, 2.75) is 18.3 Å². The molecule has 2 N–H and O–H groups in total. The smallest absolute Gasteiger partial charge is 0.142 e. The third-order valence-electron chi connectivity index (χ3n) is 3.15. The Labute approximate surface area is 91.3 Å². The van der Waals surface area contributed by atoms with Crippen molar-refractivity contribution in [3.63, 3.8) is 0 Å². The maximum absolute atomic E-state index is 9.38. The second-order valence-corrected chi connectivity index (χ2v) is 4.39. The number of aliphatic hydroxyl groups is 1. The molecule has 0 amide bonds. The second-order valence-electron chi connectivity index (χ2n) is 4.03. The van der Waals surface area contributed by atoms with Crippen LogP contribution in [-0.4, -0.2) is 26.7 Å². The summed E-state index contributed by atoms with van der Waals surface area (Å²) < 4.78 is 0. The Morgan fingerprint density at radius 2 is 2.27 bits per heavy atom. The summed E-state index contributed by atoms with van der Waals surface area (Å²) in [7, 11) is 0. The van der Waals surface area contributed by atoms with Gasteiger partial charge in [0.15, 0.2) is 0 Å². The fraction of sp³-hybridized carbons (Fsp3) is 0.400. The Morgan fingerprint density at radius 3 is 2.93 bits per heavy atom. The zero-order chi connectivity index (χ0) is 10.5. The van der Waals surface area contributed by atoms with Gasteiger partial charge in [0.05, 0.1) is 12.0 Å². The summed E-state index contributed by atoms with van der Waals surface area (Å²) >= 11 is 6.04. The molecule has 78 valence electrons. The molecule has 1 saturated carbocycles. The lowest BCUT2D eigenvalue weighted by Gasteiger charge is -2.09. The molecule has 0 bridgehead atoms. The van der Waals surface area contributed by atoms with Crippen LogP contribution < -0.4 is 0 Å². The molecular weight excluding hydrogens is 214 g/mol. The molecule has 0 aliphatic heterocycles. The summed E-state index contributed by atoms with van der Waals surface area (Å²) in [5.41, 5.74) is 1.68. The largest absolute Gasteiger partial charge is 0.395 e. The molecule has 0 radical (unpaired) electrons. The van der Waals surface area contributed by atoms with Gasteiger partial charge in [-0.15, -0.1) is 0 Å². The first-order valence-corrected chi connectivity index (χ1v) is 5.23. The summed E-state index contributed by atoms with van der Waals surface area (Å²) in [5.74, 6) is 0. The van der Waals surface area contributed by atoms with Gasteiger partial charge < -0.3 is 10.1 Å². The molecule has 0 unspecified atom stereocenters. The van der Waals surface area contributed by atoms with Crippen molar-refractivity contribution in [2.24, 2.45) is 0 Å². The SMILES string of the molecule is OCC1(c2c[nH]c3ncnc(Cl)c23)CC1. The number of nitrogens with zero attached hydrogens (tertiary/aromatic N) is 2. The number of rotatable bonds is 2. The molecule has 15 heavy (non-hydrogen) atoms. The number of H-pyrrole nitrogens is 1. The monoisotopic (exact) mass is 223 g/mol. The van der Waals surface area contributed by atoms with E-state index >= 15 is 0 Å². The van der Waals surface area contributed by atoms with Crippen LogP contribution in [0.15, 0.2) is 12.5 Å². The lowest BCUT2D eigenvalue weighted by Crippen LogP contribution is -2.11. The number of aliphatic hydroxyl groups excluding tert-OH is 1. The van der Waals surface area contributed by atoms with Crippen LogP contribution in [0, 0.1) is 0 Å². The Kier molecular flexibility index (Phi) is 1.78. The highest BCUT2D eigenvalue weighted by molar-refractivity contribution is 6.34. The van der Waals surface area contributed by atoms with E-state index in [1.54, 1.807) is 0 Å². The highest BCUT2D eigenvalue weighted by atomic mass is 35.5. The van der Waals surface area contributed by atoms with Gasteiger partial charge in [0.2, 0.25) is 0 Å². The first kappa shape index (κ1) is 9.12. The number of nitrogens with one attached hydrogen (secondary N) is 1. The van der Waals surface area contributed by atoms with E-state index in [9.17, 15) is 5.11 Å². The van der Waals surface area contributed by atoms with Gasteiger partial charge in [0, 0.05) is 11.6 Å². The van der Waals surface area contributed by atoms with Gasteiger partial charge in [-0.3, -0.25) is 0 Å². The second kappa shape index (κ2) is 2.93. The van der Waals surface area contributed by atoms with Gasteiger partial charge in [-0.2, -0.15) is 0 Å². The average molecular weight is 224 g/mol. The Hall–Kier alpha value is -1.13. The van der Waals surface area contributed by atoms with Crippen LogP contribution in [0.25, 0.3) is 11.0 Å². The van der Waals surface area contributed by atoms with Crippen LogP contribution in [0.3, 0.4) is 0 Å². The number of fused-ring (bicyclic) bond motifs is 1. The third kappa shape index (κ3) is 1.18. The number of hydrogen-bond acceptors (Lipinski definition) is 3. The van der Waals surface area contributed by atoms with E-state index in [2.05, 4.69) is 15.0 Å². The number of aromatic amines is 1. The Morgan fingerprint density at radius 1 is 1.47 bits per heavy atom. The van der Waals surface area contributed by atoms with E-state index in [1.807, 2.05) is 6.20 Å². The van der Waals surface area contributed by atoms with E-state index in [0.717, 1.165) is 29.4 Å². The zero-order valence-corrected chi connectivity index (χ0v) is 8.75. The van der Waals surface area contributed by atoms with E-state index in [1.165, 1.54) is 6.33 Å². The summed E-state index contributed by atoms with van der Waals surface area (Å²) in [6.45, 7) is 0.158.